The summed E-state index contributed by atoms with van der Waals surface area (Å²) >= 11 is 5.01. The van der Waals surface area contributed by atoms with Gasteiger partial charge >= 0.3 is 0 Å². The third-order valence-corrected chi connectivity index (χ3v) is 7.00. The molecule has 1 aliphatic rings. The predicted molar refractivity (Wildman–Crippen MR) is 111 cm³/mol. The molecule has 1 fully saturated rings. The Morgan fingerprint density at radius 3 is 2.81 bits per heavy atom. The molecule has 0 spiro atoms. The first-order chi connectivity index (χ1) is 12.8. The summed E-state index contributed by atoms with van der Waals surface area (Å²) < 4.78 is 0.957. The number of hydrogen-bond donors (Lipinski definition) is 1. The molecule has 0 radical (unpaired) electrons. The van der Waals surface area contributed by atoms with Crippen molar-refractivity contribution >= 4 is 61.9 Å². The fourth-order valence-electron chi connectivity index (χ4n) is 2.57. The molecular weight excluding hydrogens is 386 g/mol. The van der Waals surface area contributed by atoms with Gasteiger partial charge in [-0.25, -0.2) is 9.97 Å². The Bertz CT molecular complexity index is 896. The molecule has 0 unspecified atom stereocenters. The van der Waals surface area contributed by atoms with Gasteiger partial charge in [0.15, 0.2) is 10.8 Å². The summed E-state index contributed by atoms with van der Waals surface area (Å²) in [5, 5.41) is 4.70. The van der Waals surface area contributed by atoms with E-state index < -0.39 is 0 Å². The number of rotatable bonds is 5. The van der Waals surface area contributed by atoms with E-state index in [-0.39, 0.29) is 5.91 Å². The van der Waals surface area contributed by atoms with Crippen LogP contribution in [0.2, 0.25) is 0 Å². The lowest BCUT2D eigenvalue weighted by molar-refractivity contribution is -0.113. The van der Waals surface area contributed by atoms with Crippen LogP contribution in [-0.4, -0.2) is 51.2 Å². The molecule has 1 aromatic carbocycles. The first-order valence-electron chi connectivity index (χ1n) is 8.21. The van der Waals surface area contributed by atoms with Gasteiger partial charge in [0, 0.05) is 30.3 Å². The molecule has 0 bridgehead atoms. The van der Waals surface area contributed by atoms with Crippen molar-refractivity contribution in [1.82, 2.24) is 15.0 Å². The standard InChI is InChI=1S/C17H17N5OS3/c23-13(20-12-4-2-1-3-5-12)10-25-16-14-15(18-11-19-16)21-17(26-14)22-6-8-24-9-7-22/h1-5,11H,6-10H2,(H,20,23). The summed E-state index contributed by atoms with van der Waals surface area (Å²) in [6, 6.07) is 9.46. The molecule has 26 heavy (non-hydrogen) atoms. The molecule has 1 aliphatic heterocycles. The fraction of sp³-hybridized carbons (Fsp3) is 0.294. The van der Waals surface area contributed by atoms with E-state index in [4.69, 9.17) is 0 Å². The van der Waals surface area contributed by atoms with Crippen LogP contribution in [0.4, 0.5) is 10.8 Å². The molecule has 6 nitrogen and oxygen atoms in total. The van der Waals surface area contributed by atoms with E-state index in [1.165, 1.54) is 18.1 Å². The molecule has 0 saturated carbocycles. The number of amides is 1. The van der Waals surface area contributed by atoms with Gasteiger partial charge in [0.1, 0.15) is 16.1 Å². The lowest BCUT2D eigenvalue weighted by Crippen LogP contribution is -2.32. The van der Waals surface area contributed by atoms with Gasteiger partial charge in [-0.05, 0) is 12.1 Å². The largest absolute Gasteiger partial charge is 0.346 e. The zero-order chi connectivity index (χ0) is 17.8. The first-order valence-corrected chi connectivity index (χ1v) is 11.2. The molecule has 4 rings (SSSR count). The van der Waals surface area contributed by atoms with Gasteiger partial charge in [-0.1, -0.05) is 41.3 Å². The summed E-state index contributed by atoms with van der Waals surface area (Å²) in [5.41, 5.74) is 1.51. The van der Waals surface area contributed by atoms with E-state index in [9.17, 15) is 4.79 Å². The first kappa shape index (κ1) is 17.6. The number of benzene rings is 1. The molecule has 1 amide bonds. The maximum absolute atomic E-state index is 12.2. The number of anilines is 2. The van der Waals surface area contributed by atoms with Crippen molar-refractivity contribution in [2.75, 3.05) is 40.6 Å². The van der Waals surface area contributed by atoms with Gasteiger partial charge in [0.05, 0.1) is 5.75 Å². The zero-order valence-corrected chi connectivity index (χ0v) is 16.4. The second-order valence-corrected chi connectivity index (χ2v) is 8.80. The van der Waals surface area contributed by atoms with Crippen LogP contribution < -0.4 is 10.2 Å². The summed E-state index contributed by atoms with van der Waals surface area (Å²) in [6.45, 7) is 2.03. The number of carbonyl (C=O) groups is 1. The molecular formula is C17H17N5OS3. The van der Waals surface area contributed by atoms with Crippen LogP contribution >= 0.6 is 34.9 Å². The van der Waals surface area contributed by atoms with E-state index in [0.717, 1.165) is 45.1 Å². The predicted octanol–water partition coefficient (Wildman–Crippen LogP) is 3.37. The molecule has 2 aromatic heterocycles. The second kappa shape index (κ2) is 8.24. The summed E-state index contributed by atoms with van der Waals surface area (Å²) in [5.74, 6) is 2.51. The van der Waals surface area contributed by atoms with Crippen LogP contribution in [0.15, 0.2) is 41.7 Å². The molecule has 1 saturated heterocycles. The summed E-state index contributed by atoms with van der Waals surface area (Å²) in [4.78, 5) is 27.8. The van der Waals surface area contributed by atoms with Gasteiger partial charge < -0.3 is 10.2 Å². The maximum Gasteiger partial charge on any atom is 0.234 e. The highest BCUT2D eigenvalue weighted by Crippen LogP contribution is 2.34. The van der Waals surface area contributed by atoms with Crippen molar-refractivity contribution in [2.45, 2.75) is 5.03 Å². The van der Waals surface area contributed by atoms with E-state index >= 15 is 0 Å². The Morgan fingerprint density at radius 2 is 2.00 bits per heavy atom. The number of aromatic nitrogens is 3. The number of carbonyl (C=O) groups excluding carboxylic acids is 1. The van der Waals surface area contributed by atoms with Gasteiger partial charge in [-0.15, -0.1) is 0 Å². The number of thioether (sulfide) groups is 2. The number of nitrogens with zero attached hydrogens (tertiary/aromatic N) is 4. The zero-order valence-electron chi connectivity index (χ0n) is 13.9. The van der Waals surface area contributed by atoms with Crippen molar-refractivity contribution in [1.29, 1.82) is 0 Å². The third-order valence-electron chi connectivity index (χ3n) is 3.83. The molecule has 0 atom stereocenters. The maximum atomic E-state index is 12.2. The van der Waals surface area contributed by atoms with Gasteiger partial charge in [-0.2, -0.15) is 16.7 Å². The Hall–Kier alpha value is -1.84. The van der Waals surface area contributed by atoms with Crippen LogP contribution in [0.3, 0.4) is 0 Å². The highest BCUT2D eigenvalue weighted by atomic mass is 32.2. The smallest absolute Gasteiger partial charge is 0.234 e. The molecule has 3 aromatic rings. The second-order valence-electron chi connectivity index (χ2n) is 5.63. The van der Waals surface area contributed by atoms with E-state index in [0.29, 0.717) is 11.4 Å². The average molecular weight is 404 g/mol. The fourth-order valence-corrected chi connectivity index (χ4v) is 5.41. The van der Waals surface area contributed by atoms with Crippen LogP contribution in [0.25, 0.3) is 10.3 Å². The SMILES string of the molecule is O=C(CSc1ncnc2nc(N3CCSCC3)sc12)Nc1ccccc1. The molecule has 9 heteroatoms. The number of hydrogen-bond acceptors (Lipinski definition) is 8. The Kier molecular flexibility index (Phi) is 5.57. The number of thiazole rings is 1. The number of para-hydroxylation sites is 1. The van der Waals surface area contributed by atoms with Crippen molar-refractivity contribution in [3.63, 3.8) is 0 Å². The highest BCUT2D eigenvalue weighted by molar-refractivity contribution is 8.00. The monoisotopic (exact) mass is 403 g/mol. The van der Waals surface area contributed by atoms with Crippen molar-refractivity contribution < 1.29 is 4.79 Å². The van der Waals surface area contributed by atoms with E-state index in [1.807, 2.05) is 42.1 Å². The normalized spacial score (nSPS) is 14.5. The minimum Gasteiger partial charge on any atom is -0.346 e. The van der Waals surface area contributed by atoms with Gasteiger partial charge in [0.2, 0.25) is 5.91 Å². The minimum absolute atomic E-state index is 0.0502. The lowest BCUT2D eigenvalue weighted by Gasteiger charge is -2.25. The molecule has 1 N–H and O–H groups in total. The summed E-state index contributed by atoms with van der Waals surface area (Å²) in [6.07, 6.45) is 1.52. The van der Waals surface area contributed by atoms with E-state index in [2.05, 4.69) is 25.2 Å². The molecule has 134 valence electrons. The minimum atomic E-state index is -0.0502. The molecule has 3 heterocycles. The quantitative estimate of drug-likeness (QED) is 0.517. The van der Waals surface area contributed by atoms with Crippen LogP contribution in [-0.2, 0) is 4.79 Å². The average Bonchev–Trinajstić information content (AvgIpc) is 3.13. The van der Waals surface area contributed by atoms with Crippen molar-refractivity contribution in [2.24, 2.45) is 0 Å². The topological polar surface area (TPSA) is 71.0 Å². The Balaban J connectivity index is 1.46. The van der Waals surface area contributed by atoms with Crippen molar-refractivity contribution in [3.05, 3.63) is 36.7 Å². The van der Waals surface area contributed by atoms with Crippen molar-refractivity contribution in [3.8, 4) is 0 Å². The lowest BCUT2D eigenvalue weighted by atomic mass is 10.3. The van der Waals surface area contributed by atoms with Gasteiger partial charge in [0.25, 0.3) is 0 Å². The number of fused-ring (bicyclic) bond motifs is 1. The van der Waals surface area contributed by atoms with Crippen LogP contribution in [0, 0.1) is 0 Å². The summed E-state index contributed by atoms with van der Waals surface area (Å²) in [7, 11) is 0. The third kappa shape index (κ3) is 4.11. The Morgan fingerprint density at radius 1 is 1.19 bits per heavy atom. The number of nitrogens with one attached hydrogen (secondary N) is 1. The van der Waals surface area contributed by atoms with Crippen LogP contribution in [0.1, 0.15) is 0 Å². The van der Waals surface area contributed by atoms with E-state index in [1.54, 1.807) is 11.3 Å². The van der Waals surface area contributed by atoms with Gasteiger partial charge in [-0.3, -0.25) is 4.79 Å². The van der Waals surface area contributed by atoms with Crippen LogP contribution in [0.5, 0.6) is 0 Å². The molecule has 0 aliphatic carbocycles. The Labute approximate surface area is 163 Å². The highest BCUT2D eigenvalue weighted by Gasteiger charge is 2.18.